The van der Waals surface area contributed by atoms with Crippen LogP contribution in [0, 0.1) is 16.2 Å². The molecule has 2 aliphatic heterocycles. The minimum atomic E-state index is -0.872. The Hall–Kier alpha value is -1.30. The summed E-state index contributed by atoms with van der Waals surface area (Å²) in [5.74, 6) is 1.77. The smallest absolute Gasteiger partial charge is 0.165 e. The van der Waals surface area contributed by atoms with Gasteiger partial charge in [0.15, 0.2) is 11.5 Å². The fourth-order valence-corrected chi connectivity index (χ4v) is 8.90. The summed E-state index contributed by atoms with van der Waals surface area (Å²) in [6, 6.07) is 4.81. The molecule has 2 unspecified atom stereocenters. The molecule has 1 aromatic carbocycles. The number of hydrogen-bond acceptors (Lipinski definition) is 5. The second-order valence-electron chi connectivity index (χ2n) is 12.2. The van der Waals surface area contributed by atoms with Gasteiger partial charge in [-0.1, -0.05) is 26.8 Å². The highest BCUT2D eigenvalue weighted by Gasteiger charge is 2.86. The summed E-state index contributed by atoms with van der Waals surface area (Å²) in [5.41, 5.74) is 1.40. The van der Waals surface area contributed by atoms with Gasteiger partial charge in [-0.3, -0.25) is 0 Å². The van der Waals surface area contributed by atoms with Crippen LogP contribution in [0.3, 0.4) is 0 Å². The van der Waals surface area contributed by atoms with E-state index in [1.807, 2.05) is 14.0 Å². The van der Waals surface area contributed by atoms with E-state index < -0.39 is 5.60 Å². The minimum absolute atomic E-state index is 0.0575. The average molecular weight is 428 g/mol. The largest absolute Gasteiger partial charge is 0.493 e. The Balaban J connectivity index is 1.62. The molecule has 6 aliphatic rings. The lowest BCUT2D eigenvalue weighted by atomic mass is 9.26. The Kier molecular flexibility index (Phi) is 3.67. The van der Waals surface area contributed by atoms with Crippen LogP contribution in [0.2, 0.25) is 0 Å². The van der Waals surface area contributed by atoms with Crippen molar-refractivity contribution in [3.8, 4) is 11.5 Å². The van der Waals surface area contributed by atoms with E-state index in [1.54, 1.807) is 7.11 Å². The third-order valence-corrected chi connectivity index (χ3v) is 10.7. The van der Waals surface area contributed by atoms with Crippen LogP contribution in [0.1, 0.15) is 58.1 Å². The molecule has 31 heavy (non-hydrogen) atoms. The summed E-state index contributed by atoms with van der Waals surface area (Å²) in [5, 5.41) is 12.1. The van der Waals surface area contributed by atoms with E-state index in [2.05, 4.69) is 44.9 Å². The van der Waals surface area contributed by atoms with Crippen molar-refractivity contribution in [3.63, 3.8) is 0 Å². The first kappa shape index (κ1) is 20.3. The van der Waals surface area contributed by atoms with Crippen LogP contribution in [0.5, 0.6) is 11.5 Å². The highest BCUT2D eigenvalue weighted by Crippen LogP contribution is 2.82. The predicted octanol–water partition coefficient (Wildman–Crippen LogP) is 3.55. The van der Waals surface area contributed by atoms with Crippen LogP contribution in [0.15, 0.2) is 12.1 Å². The third kappa shape index (κ3) is 1.87. The molecule has 5 nitrogen and oxygen atoms in total. The maximum atomic E-state index is 12.1. The molecular weight excluding hydrogens is 390 g/mol. The SMILES string of the molecule is COc1ccc2c3c1O[C@H]1[C@H](OC)C4([C@](C)(O)C(C)(C)C)CC5(C4)C(C2)N(C)CCC315. The fraction of sp³-hybridized carbons (Fsp3) is 0.769. The van der Waals surface area contributed by atoms with Gasteiger partial charge < -0.3 is 24.2 Å². The Labute approximate surface area is 186 Å². The maximum absolute atomic E-state index is 12.1. The molecule has 0 aromatic heterocycles. The van der Waals surface area contributed by atoms with Crippen molar-refractivity contribution in [2.45, 2.75) is 82.6 Å². The maximum Gasteiger partial charge on any atom is 0.165 e. The fourth-order valence-electron chi connectivity index (χ4n) is 8.90. The van der Waals surface area contributed by atoms with E-state index in [4.69, 9.17) is 14.2 Å². The molecule has 170 valence electrons. The van der Waals surface area contributed by atoms with E-state index in [-0.39, 0.29) is 33.9 Å². The summed E-state index contributed by atoms with van der Waals surface area (Å²) in [7, 11) is 5.83. The van der Waals surface area contributed by atoms with Crippen molar-refractivity contribution in [1.82, 2.24) is 4.90 Å². The van der Waals surface area contributed by atoms with Gasteiger partial charge in [-0.05, 0) is 63.2 Å². The zero-order valence-corrected chi connectivity index (χ0v) is 20.0. The number of likely N-dealkylation sites (tertiary alicyclic amines) is 1. The molecule has 4 fully saturated rings. The molecule has 0 radical (unpaired) electrons. The number of piperidine rings is 1. The van der Waals surface area contributed by atoms with Gasteiger partial charge in [0, 0.05) is 35.0 Å². The molecule has 0 amide bonds. The normalized spacial score (nSPS) is 44.1. The van der Waals surface area contributed by atoms with Crippen molar-refractivity contribution >= 4 is 0 Å². The highest BCUT2D eigenvalue weighted by atomic mass is 16.6. The topological polar surface area (TPSA) is 51.2 Å². The van der Waals surface area contributed by atoms with Crippen LogP contribution in [0.25, 0.3) is 0 Å². The second kappa shape index (κ2) is 5.60. The number of hydrogen-bond donors (Lipinski definition) is 1. The molecule has 1 aromatic rings. The van der Waals surface area contributed by atoms with Gasteiger partial charge in [0.25, 0.3) is 0 Å². The molecule has 3 saturated carbocycles. The highest BCUT2D eigenvalue weighted by molar-refractivity contribution is 5.64. The summed E-state index contributed by atoms with van der Waals surface area (Å²) < 4.78 is 19.0. The van der Waals surface area contributed by atoms with Crippen molar-refractivity contribution in [2.24, 2.45) is 16.2 Å². The number of likely N-dealkylation sites (N-methyl/N-ethyl adjacent to an activating group) is 1. The van der Waals surface area contributed by atoms with Gasteiger partial charge in [-0.2, -0.15) is 0 Å². The van der Waals surface area contributed by atoms with E-state index in [1.165, 1.54) is 11.1 Å². The van der Waals surface area contributed by atoms with Gasteiger partial charge in [0.05, 0.1) is 12.7 Å². The van der Waals surface area contributed by atoms with Gasteiger partial charge >= 0.3 is 0 Å². The number of ether oxygens (including phenoxy) is 3. The molecule has 5 atom stereocenters. The first-order valence-electron chi connectivity index (χ1n) is 11.8. The molecular formula is C26H37NO4. The van der Waals surface area contributed by atoms with Gasteiger partial charge in [-0.25, -0.2) is 0 Å². The Morgan fingerprint density at radius 1 is 1.16 bits per heavy atom. The quantitative estimate of drug-likeness (QED) is 0.800. The van der Waals surface area contributed by atoms with Crippen molar-refractivity contribution in [1.29, 1.82) is 0 Å². The summed E-state index contributed by atoms with van der Waals surface area (Å²) in [6.45, 7) is 9.58. The standard InChI is InChI=1S/C26H37NO4/c1-22(2,3)23(4,28)25-13-24(14-25)17-12-15-8-9-16(29-6)19-18(15)26(24,10-11-27(17)5)21(31-19)20(25)30-7/h8-9,17,20-21,28H,10-14H2,1-7H3/t17?,20-,21-,23+,24?,25?,26?/m0/s1. The molecule has 2 heterocycles. The monoisotopic (exact) mass is 427 g/mol. The number of methoxy groups -OCH3 is 2. The molecule has 5 heteroatoms. The first-order valence-corrected chi connectivity index (χ1v) is 11.8. The molecule has 1 saturated heterocycles. The Morgan fingerprint density at radius 2 is 1.87 bits per heavy atom. The van der Waals surface area contributed by atoms with Gasteiger partial charge in [0.1, 0.15) is 12.2 Å². The summed E-state index contributed by atoms with van der Waals surface area (Å²) in [4.78, 5) is 2.58. The van der Waals surface area contributed by atoms with Crippen LogP contribution in [-0.2, 0) is 16.6 Å². The van der Waals surface area contributed by atoms with Crippen molar-refractivity contribution < 1.29 is 19.3 Å². The van der Waals surface area contributed by atoms with Gasteiger partial charge in [0.2, 0.25) is 0 Å². The molecule has 4 bridgehead atoms. The predicted molar refractivity (Wildman–Crippen MR) is 119 cm³/mol. The summed E-state index contributed by atoms with van der Waals surface area (Å²) in [6.07, 6.45) is 3.87. The van der Waals surface area contributed by atoms with Crippen LogP contribution in [0.4, 0.5) is 0 Å². The van der Waals surface area contributed by atoms with Crippen molar-refractivity contribution in [3.05, 3.63) is 23.3 Å². The summed E-state index contributed by atoms with van der Waals surface area (Å²) >= 11 is 0. The molecule has 7 rings (SSSR count). The lowest BCUT2D eigenvalue weighted by molar-refractivity contribution is -0.356. The number of benzene rings is 1. The van der Waals surface area contributed by atoms with Crippen LogP contribution < -0.4 is 9.47 Å². The van der Waals surface area contributed by atoms with Crippen LogP contribution in [-0.4, -0.2) is 61.7 Å². The lowest BCUT2D eigenvalue weighted by Gasteiger charge is -2.80. The molecule has 4 aliphatic carbocycles. The number of aliphatic hydroxyl groups is 1. The number of rotatable bonds is 3. The Morgan fingerprint density at radius 3 is 2.48 bits per heavy atom. The van der Waals surface area contributed by atoms with Crippen LogP contribution >= 0.6 is 0 Å². The third-order valence-electron chi connectivity index (χ3n) is 10.7. The van der Waals surface area contributed by atoms with E-state index >= 15 is 0 Å². The zero-order chi connectivity index (χ0) is 22.2. The Bertz CT molecular complexity index is 957. The van der Waals surface area contributed by atoms with Crippen molar-refractivity contribution in [2.75, 3.05) is 27.8 Å². The second-order valence-corrected chi connectivity index (χ2v) is 12.2. The van der Waals surface area contributed by atoms with E-state index in [0.717, 1.165) is 43.7 Å². The molecule has 2 spiro atoms. The minimum Gasteiger partial charge on any atom is -0.493 e. The van der Waals surface area contributed by atoms with Gasteiger partial charge in [-0.15, -0.1) is 0 Å². The first-order chi connectivity index (χ1) is 14.5. The van der Waals surface area contributed by atoms with E-state index in [0.29, 0.717) is 6.04 Å². The lowest BCUT2D eigenvalue weighted by Crippen LogP contribution is -2.86. The van der Waals surface area contributed by atoms with E-state index in [9.17, 15) is 5.11 Å². The zero-order valence-electron chi connectivity index (χ0n) is 20.0. The molecule has 1 N–H and O–H groups in total. The average Bonchev–Trinajstić information content (AvgIpc) is 3.03. The number of nitrogens with zero attached hydrogens (tertiary/aromatic N) is 1.